The molecule has 2 heteroatoms. The second-order valence-electron chi connectivity index (χ2n) is 3.54. The van der Waals surface area contributed by atoms with Gasteiger partial charge in [0.25, 0.3) is 0 Å². The molecule has 0 bridgehead atoms. The average Bonchev–Trinajstić information content (AvgIpc) is 1.85. The SMILES string of the molecule is CC(=CC=O)N(C(C)C)C(C)C. The van der Waals surface area contributed by atoms with Crippen molar-refractivity contribution in [2.45, 2.75) is 46.7 Å². The summed E-state index contributed by atoms with van der Waals surface area (Å²) in [6.07, 6.45) is 2.45. The first kappa shape index (κ1) is 11.2. The van der Waals surface area contributed by atoms with E-state index in [2.05, 4.69) is 32.6 Å². The van der Waals surface area contributed by atoms with Crippen LogP contribution in [0.3, 0.4) is 0 Å². The predicted octanol–water partition coefficient (Wildman–Crippen LogP) is 2.21. The highest BCUT2D eigenvalue weighted by atomic mass is 16.1. The number of rotatable bonds is 4. The lowest BCUT2D eigenvalue weighted by Gasteiger charge is -2.33. The van der Waals surface area contributed by atoms with Gasteiger partial charge in [0.1, 0.15) is 6.29 Å². The van der Waals surface area contributed by atoms with E-state index >= 15 is 0 Å². The summed E-state index contributed by atoms with van der Waals surface area (Å²) >= 11 is 0. The number of carbonyl (C=O) groups is 1. The molecule has 0 aromatic carbocycles. The molecule has 12 heavy (non-hydrogen) atoms. The first-order chi connectivity index (χ1) is 5.50. The van der Waals surface area contributed by atoms with Crippen LogP contribution in [-0.2, 0) is 4.79 Å². The Balaban J connectivity index is 4.50. The summed E-state index contributed by atoms with van der Waals surface area (Å²) in [7, 11) is 0. The zero-order chi connectivity index (χ0) is 9.72. The standard InChI is InChI=1S/C10H19NO/c1-8(2)11(9(3)4)10(5)6-7-12/h6-9H,1-5H3. The Morgan fingerprint density at radius 2 is 1.58 bits per heavy atom. The van der Waals surface area contributed by atoms with Crippen molar-refractivity contribution in [1.82, 2.24) is 4.90 Å². The van der Waals surface area contributed by atoms with Gasteiger partial charge in [-0.2, -0.15) is 0 Å². The Morgan fingerprint density at radius 3 is 1.83 bits per heavy atom. The summed E-state index contributed by atoms with van der Waals surface area (Å²) in [6, 6.07) is 0.891. The number of hydrogen-bond donors (Lipinski definition) is 0. The molecule has 0 heterocycles. The van der Waals surface area contributed by atoms with Crippen molar-refractivity contribution in [1.29, 1.82) is 0 Å². The normalized spacial score (nSPS) is 12.4. The molecule has 0 aliphatic rings. The van der Waals surface area contributed by atoms with Crippen molar-refractivity contribution in [3.8, 4) is 0 Å². The van der Waals surface area contributed by atoms with Gasteiger partial charge in [-0.25, -0.2) is 0 Å². The summed E-state index contributed by atoms with van der Waals surface area (Å²) in [4.78, 5) is 12.5. The van der Waals surface area contributed by atoms with E-state index in [1.54, 1.807) is 6.08 Å². The average molecular weight is 169 g/mol. The number of aldehydes is 1. The van der Waals surface area contributed by atoms with Gasteiger partial charge >= 0.3 is 0 Å². The van der Waals surface area contributed by atoms with E-state index in [4.69, 9.17) is 0 Å². The maximum atomic E-state index is 10.3. The minimum Gasteiger partial charge on any atom is -0.370 e. The van der Waals surface area contributed by atoms with E-state index in [1.807, 2.05) is 6.92 Å². The van der Waals surface area contributed by atoms with Crippen LogP contribution in [0.4, 0.5) is 0 Å². The zero-order valence-electron chi connectivity index (χ0n) is 8.66. The second kappa shape index (κ2) is 4.96. The minimum atomic E-state index is 0.446. The van der Waals surface area contributed by atoms with Crippen LogP contribution in [0.5, 0.6) is 0 Å². The van der Waals surface area contributed by atoms with Crippen LogP contribution >= 0.6 is 0 Å². The minimum absolute atomic E-state index is 0.446. The number of carbonyl (C=O) groups excluding carboxylic acids is 1. The Bertz CT molecular complexity index is 163. The van der Waals surface area contributed by atoms with Gasteiger partial charge < -0.3 is 4.90 Å². The highest BCUT2D eigenvalue weighted by Crippen LogP contribution is 2.12. The highest BCUT2D eigenvalue weighted by molar-refractivity contribution is 5.65. The maximum Gasteiger partial charge on any atom is 0.144 e. The Labute approximate surface area is 75.3 Å². The summed E-state index contributed by atoms with van der Waals surface area (Å²) in [5.41, 5.74) is 1.04. The third kappa shape index (κ3) is 3.07. The third-order valence-electron chi connectivity index (χ3n) is 1.83. The second-order valence-corrected chi connectivity index (χ2v) is 3.54. The predicted molar refractivity (Wildman–Crippen MR) is 51.9 cm³/mol. The topological polar surface area (TPSA) is 20.3 Å². The molecule has 0 saturated heterocycles. The van der Waals surface area contributed by atoms with Gasteiger partial charge in [0.2, 0.25) is 0 Å². The quantitative estimate of drug-likeness (QED) is 0.475. The first-order valence-corrected chi connectivity index (χ1v) is 4.41. The van der Waals surface area contributed by atoms with Crippen molar-refractivity contribution >= 4 is 6.29 Å². The molecule has 0 N–H and O–H groups in total. The van der Waals surface area contributed by atoms with Crippen LogP contribution in [0, 0.1) is 0 Å². The highest BCUT2D eigenvalue weighted by Gasteiger charge is 2.12. The van der Waals surface area contributed by atoms with Crippen LogP contribution in [0.15, 0.2) is 11.8 Å². The fourth-order valence-electron chi connectivity index (χ4n) is 1.60. The molecule has 0 rings (SSSR count). The smallest absolute Gasteiger partial charge is 0.144 e. The van der Waals surface area contributed by atoms with Crippen molar-refractivity contribution in [2.75, 3.05) is 0 Å². The van der Waals surface area contributed by atoms with Gasteiger partial charge in [-0.1, -0.05) is 0 Å². The molecule has 0 amide bonds. The molecule has 0 unspecified atom stereocenters. The van der Waals surface area contributed by atoms with Gasteiger partial charge in [0.15, 0.2) is 0 Å². The molecule has 0 radical (unpaired) electrons. The van der Waals surface area contributed by atoms with E-state index in [9.17, 15) is 4.79 Å². The van der Waals surface area contributed by atoms with Crippen molar-refractivity contribution in [2.24, 2.45) is 0 Å². The lowest BCUT2D eigenvalue weighted by Crippen LogP contribution is -2.35. The number of hydrogen-bond acceptors (Lipinski definition) is 2. The summed E-state index contributed by atoms with van der Waals surface area (Å²) in [5, 5.41) is 0. The molecule has 0 aromatic heterocycles. The first-order valence-electron chi connectivity index (χ1n) is 4.41. The Kier molecular flexibility index (Phi) is 4.64. The third-order valence-corrected chi connectivity index (χ3v) is 1.83. The lowest BCUT2D eigenvalue weighted by atomic mass is 10.2. The van der Waals surface area contributed by atoms with Gasteiger partial charge in [-0.15, -0.1) is 0 Å². The molecule has 0 aliphatic heterocycles. The molecule has 0 spiro atoms. The molecule has 0 aliphatic carbocycles. The Hall–Kier alpha value is -0.790. The molecule has 0 atom stereocenters. The molecule has 0 fully saturated rings. The van der Waals surface area contributed by atoms with Gasteiger partial charge in [-0.3, -0.25) is 4.79 Å². The summed E-state index contributed by atoms with van der Waals surface area (Å²) < 4.78 is 0. The fourth-order valence-corrected chi connectivity index (χ4v) is 1.60. The molecule has 0 saturated carbocycles. The monoisotopic (exact) mass is 169 g/mol. The molecular weight excluding hydrogens is 150 g/mol. The molecule has 70 valence electrons. The van der Waals surface area contributed by atoms with E-state index in [-0.39, 0.29) is 0 Å². The fraction of sp³-hybridized carbons (Fsp3) is 0.700. The molecular formula is C10H19NO. The van der Waals surface area contributed by atoms with E-state index in [0.717, 1.165) is 12.0 Å². The largest absolute Gasteiger partial charge is 0.370 e. The van der Waals surface area contributed by atoms with Crippen LogP contribution in [0.25, 0.3) is 0 Å². The van der Waals surface area contributed by atoms with Gasteiger partial charge in [0.05, 0.1) is 0 Å². The van der Waals surface area contributed by atoms with Crippen LogP contribution in [0.1, 0.15) is 34.6 Å². The van der Waals surface area contributed by atoms with Gasteiger partial charge in [0, 0.05) is 17.8 Å². The number of allylic oxidation sites excluding steroid dienone is 2. The van der Waals surface area contributed by atoms with Crippen molar-refractivity contribution < 1.29 is 4.79 Å². The van der Waals surface area contributed by atoms with Crippen molar-refractivity contribution in [3.63, 3.8) is 0 Å². The van der Waals surface area contributed by atoms with E-state index in [0.29, 0.717) is 12.1 Å². The van der Waals surface area contributed by atoms with Crippen LogP contribution in [0.2, 0.25) is 0 Å². The molecule has 2 nitrogen and oxygen atoms in total. The summed E-state index contributed by atoms with van der Waals surface area (Å²) in [5.74, 6) is 0. The summed E-state index contributed by atoms with van der Waals surface area (Å²) in [6.45, 7) is 10.5. The maximum absolute atomic E-state index is 10.3. The van der Waals surface area contributed by atoms with Crippen LogP contribution < -0.4 is 0 Å². The van der Waals surface area contributed by atoms with Crippen LogP contribution in [-0.4, -0.2) is 23.3 Å². The van der Waals surface area contributed by atoms with E-state index < -0.39 is 0 Å². The Morgan fingerprint density at radius 1 is 1.17 bits per heavy atom. The zero-order valence-corrected chi connectivity index (χ0v) is 8.66. The van der Waals surface area contributed by atoms with Gasteiger partial charge in [-0.05, 0) is 40.7 Å². The molecule has 0 aromatic rings. The van der Waals surface area contributed by atoms with Crippen molar-refractivity contribution in [3.05, 3.63) is 11.8 Å². The van der Waals surface area contributed by atoms with E-state index in [1.165, 1.54) is 0 Å². The lowest BCUT2D eigenvalue weighted by molar-refractivity contribution is -0.104. The number of nitrogens with zero attached hydrogens (tertiary/aromatic N) is 1.